The van der Waals surface area contributed by atoms with Gasteiger partial charge in [-0.05, 0) is 25.5 Å². The maximum atomic E-state index is 11.3. The second kappa shape index (κ2) is 4.44. The molecule has 2 unspecified atom stereocenters. The molecular formula is C11H16N4OS. The van der Waals surface area contributed by atoms with E-state index in [0.717, 1.165) is 16.7 Å². The van der Waals surface area contributed by atoms with E-state index >= 15 is 0 Å². The summed E-state index contributed by atoms with van der Waals surface area (Å²) in [6.45, 7) is 3.95. The Morgan fingerprint density at radius 2 is 2.29 bits per heavy atom. The van der Waals surface area contributed by atoms with E-state index in [2.05, 4.69) is 9.97 Å². The van der Waals surface area contributed by atoms with Crippen LogP contribution >= 0.6 is 0 Å². The van der Waals surface area contributed by atoms with Gasteiger partial charge >= 0.3 is 0 Å². The van der Waals surface area contributed by atoms with Gasteiger partial charge in [0, 0.05) is 35.0 Å². The third-order valence-electron chi connectivity index (χ3n) is 2.72. The Labute approximate surface area is 103 Å². The largest absolute Gasteiger partial charge is 0.369 e. The van der Waals surface area contributed by atoms with Crippen LogP contribution in [0.1, 0.15) is 18.5 Å². The van der Waals surface area contributed by atoms with Crippen LogP contribution in [-0.4, -0.2) is 30.8 Å². The summed E-state index contributed by atoms with van der Waals surface area (Å²) >= 11 is 0. The first kappa shape index (κ1) is 12.0. The minimum atomic E-state index is -0.869. The van der Waals surface area contributed by atoms with E-state index in [1.165, 1.54) is 0 Å². The van der Waals surface area contributed by atoms with Crippen molar-refractivity contribution < 1.29 is 4.21 Å². The van der Waals surface area contributed by atoms with Gasteiger partial charge in [-0.3, -0.25) is 8.78 Å². The van der Waals surface area contributed by atoms with Crippen molar-refractivity contribution in [3.63, 3.8) is 0 Å². The van der Waals surface area contributed by atoms with Gasteiger partial charge < -0.3 is 5.73 Å². The van der Waals surface area contributed by atoms with Crippen LogP contribution in [0, 0.1) is 6.92 Å². The average molecular weight is 252 g/mol. The normalized spacial score (nSPS) is 15.0. The maximum Gasteiger partial charge on any atom is 0.202 e. The van der Waals surface area contributed by atoms with E-state index in [-0.39, 0.29) is 6.04 Å². The second-order valence-corrected chi connectivity index (χ2v) is 5.71. The maximum absolute atomic E-state index is 11.3. The summed E-state index contributed by atoms with van der Waals surface area (Å²) in [7, 11) is -0.869. The molecule has 2 atom stereocenters. The number of hydrogen-bond donors (Lipinski definition) is 1. The number of aryl methyl sites for hydroxylation is 1. The predicted molar refractivity (Wildman–Crippen MR) is 70.3 cm³/mol. The van der Waals surface area contributed by atoms with Crippen molar-refractivity contribution in [2.24, 2.45) is 0 Å². The van der Waals surface area contributed by atoms with Crippen LogP contribution in [0.5, 0.6) is 0 Å². The molecule has 2 heterocycles. The van der Waals surface area contributed by atoms with Crippen molar-refractivity contribution in [2.45, 2.75) is 19.9 Å². The first-order valence-corrected chi connectivity index (χ1v) is 7.12. The number of anilines is 1. The van der Waals surface area contributed by atoms with Crippen molar-refractivity contribution in [3.05, 3.63) is 17.8 Å². The summed E-state index contributed by atoms with van der Waals surface area (Å²) in [6.07, 6.45) is 3.43. The summed E-state index contributed by atoms with van der Waals surface area (Å²) < 4.78 is 13.1. The number of pyridine rings is 1. The predicted octanol–water partition coefficient (Wildman–Crippen LogP) is 1.26. The number of nitrogen functional groups attached to an aromatic ring is 1. The third-order valence-corrected chi connectivity index (χ3v) is 3.68. The van der Waals surface area contributed by atoms with E-state index in [1.807, 2.05) is 24.5 Å². The molecule has 0 fully saturated rings. The lowest BCUT2D eigenvalue weighted by Gasteiger charge is -2.13. The molecule has 5 nitrogen and oxygen atoms in total. The zero-order valence-electron chi connectivity index (χ0n) is 10.2. The molecule has 2 aromatic heterocycles. The number of aromatic nitrogens is 3. The first-order valence-electron chi connectivity index (χ1n) is 5.39. The summed E-state index contributed by atoms with van der Waals surface area (Å²) in [5.74, 6) is 0.977. The molecular weight excluding hydrogens is 236 g/mol. The fourth-order valence-corrected chi connectivity index (χ4v) is 2.80. The summed E-state index contributed by atoms with van der Waals surface area (Å²) in [6, 6.07) is 1.93. The fourth-order valence-electron chi connectivity index (χ4n) is 1.98. The molecule has 2 N–H and O–H groups in total. The topological polar surface area (TPSA) is 73.8 Å². The van der Waals surface area contributed by atoms with Crippen LogP contribution < -0.4 is 5.73 Å². The number of hydrogen-bond acceptors (Lipinski definition) is 4. The highest BCUT2D eigenvalue weighted by Gasteiger charge is 2.16. The number of fused-ring (bicyclic) bond motifs is 1. The van der Waals surface area contributed by atoms with Crippen LogP contribution in [0.25, 0.3) is 11.2 Å². The number of imidazole rings is 1. The molecule has 92 valence electrons. The van der Waals surface area contributed by atoms with Gasteiger partial charge in [-0.1, -0.05) is 0 Å². The molecule has 0 saturated carbocycles. The molecule has 17 heavy (non-hydrogen) atoms. The Bertz CT molecular complexity index is 578. The highest BCUT2D eigenvalue weighted by Crippen LogP contribution is 2.23. The molecule has 0 spiro atoms. The Balaban J connectivity index is 2.57. The molecule has 0 aliphatic rings. The number of rotatable bonds is 3. The van der Waals surface area contributed by atoms with Gasteiger partial charge in [0.2, 0.25) is 5.95 Å². The Kier molecular flexibility index (Phi) is 3.15. The van der Waals surface area contributed by atoms with E-state index in [1.54, 1.807) is 12.5 Å². The van der Waals surface area contributed by atoms with E-state index in [9.17, 15) is 4.21 Å². The molecule has 0 saturated heterocycles. The van der Waals surface area contributed by atoms with Gasteiger partial charge in [0.05, 0.1) is 0 Å². The summed E-state index contributed by atoms with van der Waals surface area (Å²) in [4.78, 5) is 8.63. The van der Waals surface area contributed by atoms with E-state index < -0.39 is 10.8 Å². The van der Waals surface area contributed by atoms with Gasteiger partial charge in [-0.25, -0.2) is 9.97 Å². The molecule has 2 aromatic rings. The van der Waals surface area contributed by atoms with Crippen molar-refractivity contribution in [1.82, 2.24) is 14.5 Å². The van der Waals surface area contributed by atoms with Crippen molar-refractivity contribution >= 4 is 27.9 Å². The monoisotopic (exact) mass is 252 g/mol. The summed E-state index contributed by atoms with van der Waals surface area (Å²) in [5, 5.41) is 0. The smallest absolute Gasteiger partial charge is 0.202 e. The summed E-state index contributed by atoms with van der Waals surface area (Å²) in [5.41, 5.74) is 8.54. The SMILES string of the molecule is Cc1ccnc2c1nc(N)n2C(C)CS(C)=O. The van der Waals surface area contributed by atoms with Crippen LogP contribution in [-0.2, 0) is 10.8 Å². The zero-order valence-corrected chi connectivity index (χ0v) is 11.0. The quantitative estimate of drug-likeness (QED) is 0.892. The lowest BCUT2D eigenvalue weighted by Crippen LogP contribution is -2.15. The highest BCUT2D eigenvalue weighted by molar-refractivity contribution is 7.84. The van der Waals surface area contributed by atoms with E-state index in [4.69, 9.17) is 5.73 Å². The minimum Gasteiger partial charge on any atom is -0.369 e. The fraction of sp³-hybridized carbons (Fsp3) is 0.455. The molecule has 6 heteroatoms. The Morgan fingerprint density at radius 1 is 1.59 bits per heavy atom. The molecule has 0 aliphatic heterocycles. The van der Waals surface area contributed by atoms with Gasteiger partial charge in [0.1, 0.15) is 5.52 Å². The minimum absolute atomic E-state index is 0.0279. The highest BCUT2D eigenvalue weighted by atomic mass is 32.2. The number of nitrogens with two attached hydrogens (primary N) is 1. The number of nitrogens with zero attached hydrogens (tertiary/aromatic N) is 3. The molecule has 0 amide bonds. The zero-order chi connectivity index (χ0) is 12.6. The van der Waals surface area contributed by atoms with Crippen molar-refractivity contribution in [1.29, 1.82) is 0 Å². The Morgan fingerprint density at radius 3 is 2.94 bits per heavy atom. The molecule has 0 radical (unpaired) electrons. The standard InChI is InChI=1S/C11H16N4OS/c1-7-4-5-13-10-9(7)14-11(12)15(10)8(2)6-17(3)16/h4-5,8H,6H2,1-3H3,(H2,12,14). The molecule has 0 aromatic carbocycles. The lowest BCUT2D eigenvalue weighted by molar-refractivity contribution is 0.615. The molecule has 2 rings (SSSR count). The van der Waals surface area contributed by atoms with Crippen molar-refractivity contribution in [2.75, 3.05) is 17.7 Å². The van der Waals surface area contributed by atoms with Crippen LogP contribution in [0.15, 0.2) is 12.3 Å². The van der Waals surface area contributed by atoms with Crippen LogP contribution in [0.2, 0.25) is 0 Å². The van der Waals surface area contributed by atoms with Crippen molar-refractivity contribution in [3.8, 4) is 0 Å². The van der Waals surface area contributed by atoms with Gasteiger partial charge in [-0.15, -0.1) is 0 Å². The van der Waals surface area contributed by atoms with Gasteiger partial charge in [-0.2, -0.15) is 0 Å². The first-order chi connectivity index (χ1) is 8.00. The van der Waals surface area contributed by atoms with Gasteiger partial charge in [0.15, 0.2) is 5.65 Å². The van der Waals surface area contributed by atoms with Crippen LogP contribution in [0.3, 0.4) is 0 Å². The molecule has 0 aliphatic carbocycles. The lowest BCUT2D eigenvalue weighted by atomic mass is 10.3. The molecule has 0 bridgehead atoms. The average Bonchev–Trinajstić information content (AvgIpc) is 2.55. The third kappa shape index (κ3) is 2.17. The van der Waals surface area contributed by atoms with Crippen LogP contribution in [0.4, 0.5) is 5.95 Å². The second-order valence-electron chi connectivity index (χ2n) is 4.23. The van der Waals surface area contributed by atoms with Gasteiger partial charge in [0.25, 0.3) is 0 Å². The van der Waals surface area contributed by atoms with E-state index in [0.29, 0.717) is 11.7 Å². The Hall–Kier alpha value is -1.43.